The summed E-state index contributed by atoms with van der Waals surface area (Å²) in [5.74, 6) is -1.30. The average molecular weight is 270 g/mol. The SMILES string of the molecule is Cc1cc(N)cnc1-c1ccc(F)c(C(F)(F)F)c1. The van der Waals surface area contributed by atoms with E-state index >= 15 is 0 Å². The second kappa shape index (κ2) is 4.53. The Kier molecular flexibility index (Phi) is 3.18. The van der Waals surface area contributed by atoms with Crippen LogP contribution in [0.15, 0.2) is 30.5 Å². The van der Waals surface area contributed by atoms with Crippen molar-refractivity contribution in [2.45, 2.75) is 13.1 Å². The van der Waals surface area contributed by atoms with Crippen molar-refractivity contribution in [3.63, 3.8) is 0 Å². The zero-order chi connectivity index (χ0) is 14.2. The van der Waals surface area contributed by atoms with Crippen molar-refractivity contribution < 1.29 is 17.6 Å². The average Bonchev–Trinajstić information content (AvgIpc) is 2.29. The maximum atomic E-state index is 13.2. The minimum absolute atomic E-state index is 0.200. The molecule has 0 unspecified atom stereocenters. The van der Waals surface area contributed by atoms with Gasteiger partial charge in [0.15, 0.2) is 0 Å². The van der Waals surface area contributed by atoms with Crippen LogP contribution in [0.5, 0.6) is 0 Å². The summed E-state index contributed by atoms with van der Waals surface area (Å²) in [4.78, 5) is 3.99. The molecule has 0 atom stereocenters. The van der Waals surface area contributed by atoms with Gasteiger partial charge >= 0.3 is 6.18 Å². The van der Waals surface area contributed by atoms with Crippen LogP contribution in [0.3, 0.4) is 0 Å². The summed E-state index contributed by atoms with van der Waals surface area (Å²) in [5, 5.41) is 0. The molecule has 0 saturated heterocycles. The van der Waals surface area contributed by atoms with Gasteiger partial charge in [0.1, 0.15) is 5.82 Å². The van der Waals surface area contributed by atoms with E-state index < -0.39 is 17.6 Å². The molecule has 2 rings (SSSR count). The van der Waals surface area contributed by atoms with Gasteiger partial charge in [0.25, 0.3) is 0 Å². The summed E-state index contributed by atoms with van der Waals surface area (Å²) in [7, 11) is 0. The summed E-state index contributed by atoms with van der Waals surface area (Å²) in [5.41, 5.74) is 5.81. The molecular formula is C13H10F4N2. The van der Waals surface area contributed by atoms with Crippen LogP contribution in [0.1, 0.15) is 11.1 Å². The molecule has 19 heavy (non-hydrogen) atoms. The predicted octanol–water partition coefficient (Wildman–Crippen LogP) is 3.80. The Balaban J connectivity index is 2.58. The van der Waals surface area contributed by atoms with E-state index in [1.165, 1.54) is 12.3 Å². The van der Waals surface area contributed by atoms with E-state index in [0.29, 0.717) is 16.9 Å². The first-order chi connectivity index (χ1) is 8.79. The molecule has 1 aromatic heterocycles. The summed E-state index contributed by atoms with van der Waals surface area (Å²) in [6.07, 6.45) is -3.39. The molecule has 2 aromatic rings. The van der Waals surface area contributed by atoms with Gasteiger partial charge in [-0.2, -0.15) is 13.2 Å². The molecule has 1 heterocycles. The van der Waals surface area contributed by atoms with Crippen molar-refractivity contribution in [3.8, 4) is 11.3 Å². The number of hydrogen-bond acceptors (Lipinski definition) is 2. The Morgan fingerprint density at radius 3 is 2.42 bits per heavy atom. The van der Waals surface area contributed by atoms with Crippen molar-refractivity contribution in [1.82, 2.24) is 4.98 Å². The molecule has 0 saturated carbocycles. The Labute approximate surface area is 106 Å². The number of benzene rings is 1. The lowest BCUT2D eigenvalue weighted by Crippen LogP contribution is -2.08. The summed E-state index contributed by atoms with van der Waals surface area (Å²) in [6, 6.07) is 4.39. The highest BCUT2D eigenvalue weighted by Crippen LogP contribution is 2.34. The Morgan fingerprint density at radius 1 is 1.16 bits per heavy atom. The first kappa shape index (κ1) is 13.3. The van der Waals surface area contributed by atoms with Crippen LogP contribution in [-0.2, 0) is 6.18 Å². The minimum atomic E-state index is -4.73. The molecule has 1 aromatic carbocycles. The molecule has 2 N–H and O–H groups in total. The number of anilines is 1. The molecular weight excluding hydrogens is 260 g/mol. The van der Waals surface area contributed by atoms with Crippen molar-refractivity contribution in [1.29, 1.82) is 0 Å². The number of nitrogens with zero attached hydrogens (tertiary/aromatic N) is 1. The van der Waals surface area contributed by atoms with Gasteiger partial charge in [0, 0.05) is 5.56 Å². The van der Waals surface area contributed by atoms with E-state index in [9.17, 15) is 17.6 Å². The van der Waals surface area contributed by atoms with E-state index in [-0.39, 0.29) is 5.56 Å². The highest BCUT2D eigenvalue weighted by atomic mass is 19.4. The van der Waals surface area contributed by atoms with Crippen LogP contribution < -0.4 is 5.73 Å². The van der Waals surface area contributed by atoms with Crippen LogP contribution >= 0.6 is 0 Å². The van der Waals surface area contributed by atoms with Gasteiger partial charge in [-0.1, -0.05) is 0 Å². The van der Waals surface area contributed by atoms with E-state index in [1.807, 2.05) is 0 Å². The molecule has 0 amide bonds. The molecule has 0 aliphatic rings. The molecule has 0 radical (unpaired) electrons. The number of halogens is 4. The molecule has 0 bridgehead atoms. The first-order valence-corrected chi connectivity index (χ1v) is 5.38. The summed E-state index contributed by atoms with van der Waals surface area (Å²) >= 11 is 0. The van der Waals surface area contributed by atoms with E-state index in [0.717, 1.165) is 12.1 Å². The Hall–Kier alpha value is -2.11. The van der Waals surface area contributed by atoms with Crippen LogP contribution in [0.2, 0.25) is 0 Å². The second-order valence-corrected chi connectivity index (χ2v) is 4.13. The third-order valence-corrected chi connectivity index (χ3v) is 2.64. The monoisotopic (exact) mass is 270 g/mol. The number of alkyl halides is 3. The maximum absolute atomic E-state index is 13.2. The zero-order valence-corrected chi connectivity index (χ0v) is 9.92. The third-order valence-electron chi connectivity index (χ3n) is 2.64. The number of nitrogen functional groups attached to an aromatic ring is 1. The fraction of sp³-hybridized carbons (Fsp3) is 0.154. The predicted molar refractivity (Wildman–Crippen MR) is 63.8 cm³/mol. The molecule has 0 aliphatic carbocycles. The topological polar surface area (TPSA) is 38.9 Å². The molecule has 6 heteroatoms. The standard InChI is InChI=1S/C13H10F4N2/c1-7-4-9(18)6-19-12(7)8-2-3-11(14)10(5-8)13(15,16)17/h2-6H,18H2,1H3. The van der Waals surface area contributed by atoms with Crippen LogP contribution in [0.4, 0.5) is 23.2 Å². The van der Waals surface area contributed by atoms with Crippen LogP contribution in [0.25, 0.3) is 11.3 Å². The van der Waals surface area contributed by atoms with E-state index in [1.54, 1.807) is 13.0 Å². The van der Waals surface area contributed by atoms with Crippen molar-refractivity contribution in [2.24, 2.45) is 0 Å². The van der Waals surface area contributed by atoms with Gasteiger partial charge in [-0.15, -0.1) is 0 Å². The quantitative estimate of drug-likeness (QED) is 0.800. The van der Waals surface area contributed by atoms with Crippen LogP contribution in [-0.4, -0.2) is 4.98 Å². The zero-order valence-electron chi connectivity index (χ0n) is 9.92. The normalized spacial score (nSPS) is 11.6. The van der Waals surface area contributed by atoms with Gasteiger partial charge in [0.05, 0.1) is 23.1 Å². The molecule has 2 nitrogen and oxygen atoms in total. The number of aromatic nitrogens is 1. The molecule has 0 fully saturated rings. The van der Waals surface area contributed by atoms with E-state index in [4.69, 9.17) is 5.73 Å². The highest BCUT2D eigenvalue weighted by molar-refractivity contribution is 5.65. The van der Waals surface area contributed by atoms with E-state index in [2.05, 4.69) is 4.98 Å². The third kappa shape index (κ3) is 2.67. The van der Waals surface area contributed by atoms with Crippen molar-refractivity contribution in [3.05, 3.63) is 47.4 Å². The lowest BCUT2D eigenvalue weighted by molar-refractivity contribution is -0.139. The van der Waals surface area contributed by atoms with Crippen LogP contribution in [0, 0.1) is 12.7 Å². The summed E-state index contributed by atoms with van der Waals surface area (Å²) < 4.78 is 51.1. The molecule has 0 aliphatic heterocycles. The number of hydrogen-bond donors (Lipinski definition) is 1. The maximum Gasteiger partial charge on any atom is 0.419 e. The second-order valence-electron chi connectivity index (χ2n) is 4.13. The number of aryl methyl sites for hydroxylation is 1. The number of nitrogens with two attached hydrogens (primary N) is 1. The Bertz CT molecular complexity index is 621. The van der Waals surface area contributed by atoms with Gasteiger partial charge < -0.3 is 5.73 Å². The van der Waals surface area contributed by atoms with Crippen molar-refractivity contribution in [2.75, 3.05) is 5.73 Å². The van der Waals surface area contributed by atoms with Crippen molar-refractivity contribution >= 4 is 5.69 Å². The minimum Gasteiger partial charge on any atom is -0.397 e. The highest BCUT2D eigenvalue weighted by Gasteiger charge is 2.34. The fourth-order valence-electron chi connectivity index (χ4n) is 1.79. The fourth-order valence-corrected chi connectivity index (χ4v) is 1.79. The lowest BCUT2D eigenvalue weighted by Gasteiger charge is -2.11. The van der Waals surface area contributed by atoms with Gasteiger partial charge in [-0.25, -0.2) is 4.39 Å². The van der Waals surface area contributed by atoms with Gasteiger partial charge in [0.2, 0.25) is 0 Å². The Morgan fingerprint density at radius 2 is 1.84 bits per heavy atom. The molecule has 0 spiro atoms. The smallest absolute Gasteiger partial charge is 0.397 e. The largest absolute Gasteiger partial charge is 0.419 e. The molecule has 100 valence electrons. The van der Waals surface area contributed by atoms with Gasteiger partial charge in [-0.05, 0) is 36.8 Å². The first-order valence-electron chi connectivity index (χ1n) is 5.38. The lowest BCUT2D eigenvalue weighted by atomic mass is 10.0. The van der Waals surface area contributed by atoms with Gasteiger partial charge in [-0.3, -0.25) is 4.98 Å². The number of rotatable bonds is 1. The number of pyridine rings is 1. The summed E-state index contributed by atoms with van der Waals surface area (Å²) in [6.45, 7) is 1.68.